The maximum absolute atomic E-state index is 11.3. The van der Waals surface area contributed by atoms with Gasteiger partial charge in [0.15, 0.2) is 0 Å². The number of hydrogen-bond donors (Lipinski definition) is 0. The number of rotatable bonds is 2. The molecule has 0 bridgehead atoms. The van der Waals surface area contributed by atoms with Gasteiger partial charge in [-0.3, -0.25) is 14.6 Å². The predicted octanol–water partition coefficient (Wildman–Crippen LogP) is -0.00562. The van der Waals surface area contributed by atoms with Gasteiger partial charge in [0, 0.05) is 52.2 Å². The summed E-state index contributed by atoms with van der Waals surface area (Å²) >= 11 is 0. The summed E-state index contributed by atoms with van der Waals surface area (Å²) in [7, 11) is 0. The van der Waals surface area contributed by atoms with Gasteiger partial charge in [-0.1, -0.05) is 6.92 Å². The van der Waals surface area contributed by atoms with Gasteiger partial charge in [-0.2, -0.15) is 5.26 Å². The number of nitriles is 1. The molecule has 0 radical (unpaired) electrons. The summed E-state index contributed by atoms with van der Waals surface area (Å²) in [6, 6.07) is 2.78. The van der Waals surface area contributed by atoms with Gasteiger partial charge in [-0.15, -0.1) is 0 Å². The summed E-state index contributed by atoms with van der Waals surface area (Å²) in [6.07, 6.45) is 0. The zero-order valence-electron chi connectivity index (χ0n) is 11.3. The molecule has 2 atom stereocenters. The Balaban J connectivity index is 1.86. The van der Waals surface area contributed by atoms with E-state index in [2.05, 4.69) is 22.8 Å². The quantitative estimate of drug-likeness (QED) is 0.647. The van der Waals surface area contributed by atoms with Crippen molar-refractivity contribution in [2.45, 2.75) is 19.9 Å². The van der Waals surface area contributed by atoms with Crippen LogP contribution in [0.1, 0.15) is 13.8 Å². The molecule has 2 aliphatic rings. The van der Waals surface area contributed by atoms with E-state index in [9.17, 15) is 4.79 Å². The Morgan fingerprint density at radius 2 is 1.94 bits per heavy atom. The Labute approximate surface area is 109 Å². The summed E-state index contributed by atoms with van der Waals surface area (Å²) in [5.74, 6) is 0.794. The van der Waals surface area contributed by atoms with Gasteiger partial charge in [0.1, 0.15) is 0 Å². The fourth-order valence-electron chi connectivity index (χ4n) is 3.12. The normalized spacial score (nSPS) is 30.4. The number of amides is 1. The van der Waals surface area contributed by atoms with Crippen molar-refractivity contribution in [3.05, 3.63) is 0 Å². The predicted molar refractivity (Wildman–Crippen MR) is 68.8 cm³/mol. The van der Waals surface area contributed by atoms with E-state index in [1.807, 2.05) is 4.90 Å². The summed E-state index contributed by atoms with van der Waals surface area (Å²) in [4.78, 5) is 17.9. The molecule has 2 fully saturated rings. The summed E-state index contributed by atoms with van der Waals surface area (Å²) in [5.41, 5.74) is 0. The van der Waals surface area contributed by atoms with E-state index in [-0.39, 0.29) is 5.91 Å². The Bertz CT molecular complexity index is 343. The number of nitrogens with zero attached hydrogens (tertiary/aromatic N) is 4. The molecule has 0 aromatic rings. The molecule has 2 saturated heterocycles. The van der Waals surface area contributed by atoms with E-state index < -0.39 is 0 Å². The third kappa shape index (κ3) is 2.82. The lowest BCUT2D eigenvalue weighted by molar-refractivity contribution is -0.130. The van der Waals surface area contributed by atoms with E-state index in [1.165, 1.54) is 0 Å². The van der Waals surface area contributed by atoms with Crippen LogP contribution in [0.2, 0.25) is 0 Å². The van der Waals surface area contributed by atoms with E-state index in [4.69, 9.17) is 5.26 Å². The van der Waals surface area contributed by atoms with Crippen molar-refractivity contribution in [1.29, 1.82) is 5.26 Å². The first-order valence-corrected chi connectivity index (χ1v) is 6.70. The molecule has 5 heteroatoms. The molecule has 18 heavy (non-hydrogen) atoms. The number of hydrogen-bond acceptors (Lipinski definition) is 4. The van der Waals surface area contributed by atoms with Crippen LogP contribution in [0.25, 0.3) is 0 Å². The van der Waals surface area contributed by atoms with Crippen LogP contribution in [0.4, 0.5) is 0 Å². The third-order valence-corrected chi connectivity index (χ3v) is 4.17. The van der Waals surface area contributed by atoms with Crippen LogP contribution in [-0.2, 0) is 4.79 Å². The van der Waals surface area contributed by atoms with Gasteiger partial charge >= 0.3 is 0 Å². The van der Waals surface area contributed by atoms with Crippen molar-refractivity contribution in [3.63, 3.8) is 0 Å². The molecular formula is C13H22N4O. The van der Waals surface area contributed by atoms with Crippen LogP contribution in [0.3, 0.4) is 0 Å². The highest BCUT2D eigenvalue weighted by Crippen LogP contribution is 2.22. The molecule has 0 aromatic heterocycles. The largest absolute Gasteiger partial charge is 0.340 e. The van der Waals surface area contributed by atoms with Crippen LogP contribution in [0, 0.1) is 17.2 Å². The first-order chi connectivity index (χ1) is 8.61. The third-order valence-electron chi connectivity index (χ3n) is 4.17. The number of carbonyl (C=O) groups excluding carboxylic acids is 1. The van der Waals surface area contributed by atoms with Crippen LogP contribution >= 0.6 is 0 Å². The SMILES string of the molecule is CC(=O)N1CCN([C@@H]2CN(CC#N)C[C@H]2C)CC1. The molecule has 2 rings (SSSR count). The van der Waals surface area contributed by atoms with Crippen molar-refractivity contribution in [2.24, 2.45) is 5.92 Å². The van der Waals surface area contributed by atoms with Gasteiger partial charge < -0.3 is 4.90 Å². The van der Waals surface area contributed by atoms with Crippen molar-refractivity contribution >= 4 is 5.91 Å². The summed E-state index contributed by atoms with van der Waals surface area (Å²) in [6.45, 7) is 10.1. The fraction of sp³-hybridized carbons (Fsp3) is 0.846. The van der Waals surface area contributed by atoms with Crippen LogP contribution in [0.5, 0.6) is 0 Å². The molecule has 5 nitrogen and oxygen atoms in total. The van der Waals surface area contributed by atoms with E-state index in [0.717, 1.165) is 39.3 Å². The monoisotopic (exact) mass is 250 g/mol. The van der Waals surface area contributed by atoms with Crippen LogP contribution in [0.15, 0.2) is 0 Å². The Morgan fingerprint density at radius 1 is 1.28 bits per heavy atom. The Kier molecular flexibility index (Phi) is 4.20. The smallest absolute Gasteiger partial charge is 0.219 e. The first kappa shape index (κ1) is 13.3. The molecule has 0 N–H and O–H groups in total. The highest BCUT2D eigenvalue weighted by atomic mass is 16.2. The maximum Gasteiger partial charge on any atom is 0.219 e. The van der Waals surface area contributed by atoms with Crippen LogP contribution in [-0.4, -0.2) is 72.5 Å². The molecule has 2 heterocycles. The lowest BCUT2D eigenvalue weighted by atomic mass is 10.0. The summed E-state index contributed by atoms with van der Waals surface area (Å²) in [5, 5.41) is 8.76. The van der Waals surface area contributed by atoms with Gasteiger partial charge in [0.2, 0.25) is 5.91 Å². The maximum atomic E-state index is 11.3. The fourth-order valence-corrected chi connectivity index (χ4v) is 3.12. The second-order valence-corrected chi connectivity index (χ2v) is 5.44. The molecular weight excluding hydrogens is 228 g/mol. The van der Waals surface area contributed by atoms with E-state index >= 15 is 0 Å². The van der Waals surface area contributed by atoms with E-state index in [1.54, 1.807) is 6.92 Å². The van der Waals surface area contributed by atoms with Crippen LogP contribution < -0.4 is 0 Å². The molecule has 1 amide bonds. The molecule has 100 valence electrons. The average Bonchev–Trinajstić information content (AvgIpc) is 2.71. The second-order valence-electron chi connectivity index (χ2n) is 5.44. The number of carbonyl (C=O) groups is 1. The van der Waals surface area contributed by atoms with Crippen molar-refractivity contribution < 1.29 is 4.79 Å². The zero-order chi connectivity index (χ0) is 13.1. The second kappa shape index (κ2) is 5.68. The minimum atomic E-state index is 0.181. The van der Waals surface area contributed by atoms with Gasteiger partial charge in [0.25, 0.3) is 0 Å². The highest BCUT2D eigenvalue weighted by molar-refractivity contribution is 5.73. The lowest BCUT2D eigenvalue weighted by Gasteiger charge is -2.39. The number of piperazine rings is 1. The minimum Gasteiger partial charge on any atom is -0.340 e. The standard InChI is InChI=1S/C13H22N4O/c1-11-9-15(4-3-14)10-13(11)17-7-5-16(6-8-17)12(2)18/h11,13H,4-10H2,1-2H3/t11-,13-/m1/s1. The van der Waals surface area contributed by atoms with Gasteiger partial charge in [-0.05, 0) is 5.92 Å². The molecule has 0 spiro atoms. The molecule has 0 aliphatic carbocycles. The lowest BCUT2D eigenvalue weighted by Crippen LogP contribution is -2.53. The van der Waals surface area contributed by atoms with Gasteiger partial charge in [-0.25, -0.2) is 0 Å². The Hall–Kier alpha value is -1.12. The highest BCUT2D eigenvalue weighted by Gasteiger charge is 2.35. The average molecular weight is 250 g/mol. The minimum absolute atomic E-state index is 0.181. The number of likely N-dealkylation sites (tertiary alicyclic amines) is 1. The molecule has 0 aromatic carbocycles. The molecule has 0 unspecified atom stereocenters. The van der Waals surface area contributed by atoms with Crippen molar-refractivity contribution in [3.8, 4) is 6.07 Å². The zero-order valence-corrected chi connectivity index (χ0v) is 11.3. The summed E-state index contributed by atoms with van der Waals surface area (Å²) < 4.78 is 0. The topological polar surface area (TPSA) is 50.6 Å². The van der Waals surface area contributed by atoms with E-state index in [0.29, 0.717) is 18.5 Å². The van der Waals surface area contributed by atoms with Crippen molar-refractivity contribution in [2.75, 3.05) is 45.8 Å². The molecule has 0 saturated carbocycles. The molecule has 2 aliphatic heterocycles. The van der Waals surface area contributed by atoms with Gasteiger partial charge in [0.05, 0.1) is 12.6 Å². The first-order valence-electron chi connectivity index (χ1n) is 6.70. The Morgan fingerprint density at radius 3 is 2.50 bits per heavy atom. The van der Waals surface area contributed by atoms with Crippen molar-refractivity contribution in [1.82, 2.24) is 14.7 Å².